The van der Waals surface area contributed by atoms with Crippen molar-refractivity contribution in [3.8, 4) is 0 Å². The fourth-order valence-electron chi connectivity index (χ4n) is 3.68. The summed E-state index contributed by atoms with van der Waals surface area (Å²) in [4.78, 5) is 23.4. The normalized spacial score (nSPS) is 25.7. The maximum atomic E-state index is 11.9. The second kappa shape index (κ2) is 7.42. The third kappa shape index (κ3) is 4.11. The van der Waals surface area contributed by atoms with Crippen LogP contribution in [0.5, 0.6) is 0 Å². The standard InChI is InChI=1S/C19H26O6/c1-6-13-16(19(13,4)5)15(24-11(3)20)10-12-8-9-14(21)17(25-12)18(22)23-7-2/h6,13,15-16H,1,7-10H2,2-5H3/p+1/t13-,15-,16-/m0/s1. The van der Waals surface area contributed by atoms with Crippen molar-refractivity contribution in [1.82, 2.24) is 0 Å². The highest BCUT2D eigenvalue weighted by Gasteiger charge is 2.61. The summed E-state index contributed by atoms with van der Waals surface area (Å²) in [5.41, 5.74) is -0.000950. The van der Waals surface area contributed by atoms with Crippen molar-refractivity contribution >= 4 is 17.7 Å². The van der Waals surface area contributed by atoms with Gasteiger partial charge in [-0.25, -0.2) is 9.22 Å². The van der Waals surface area contributed by atoms with Gasteiger partial charge in [0, 0.05) is 19.3 Å². The zero-order valence-electron chi connectivity index (χ0n) is 15.3. The highest BCUT2D eigenvalue weighted by molar-refractivity contribution is 5.89. The molecule has 0 spiro atoms. The minimum absolute atomic E-state index is 0.000950. The first kappa shape index (κ1) is 19.2. The summed E-state index contributed by atoms with van der Waals surface area (Å²) in [6.45, 7) is 11.4. The lowest BCUT2D eigenvalue weighted by atomic mass is 9.99. The van der Waals surface area contributed by atoms with E-state index in [4.69, 9.17) is 13.9 Å². The van der Waals surface area contributed by atoms with Crippen molar-refractivity contribution in [2.75, 3.05) is 6.61 Å². The van der Waals surface area contributed by atoms with Crippen LogP contribution in [0.25, 0.3) is 0 Å². The molecule has 0 aromatic rings. The quantitative estimate of drug-likeness (QED) is 0.433. The number of esters is 2. The van der Waals surface area contributed by atoms with E-state index in [1.165, 1.54) is 6.92 Å². The third-order valence-electron chi connectivity index (χ3n) is 5.01. The zero-order valence-corrected chi connectivity index (χ0v) is 15.3. The van der Waals surface area contributed by atoms with Crippen molar-refractivity contribution in [2.45, 2.75) is 53.1 Å². The van der Waals surface area contributed by atoms with Crippen LogP contribution in [0.15, 0.2) is 24.2 Å². The lowest BCUT2D eigenvalue weighted by Crippen LogP contribution is -2.27. The smallest absolute Gasteiger partial charge is 0.473 e. The first-order chi connectivity index (χ1) is 11.7. The van der Waals surface area contributed by atoms with Crippen LogP contribution in [0.1, 0.15) is 47.0 Å². The van der Waals surface area contributed by atoms with E-state index in [9.17, 15) is 14.7 Å². The third-order valence-corrected chi connectivity index (χ3v) is 5.01. The van der Waals surface area contributed by atoms with E-state index in [1.807, 2.05) is 6.08 Å². The number of carbonyl (C=O) groups is 2. The molecule has 1 saturated carbocycles. The molecule has 0 aromatic heterocycles. The fraction of sp³-hybridized carbons (Fsp3) is 0.632. The molecule has 2 rings (SSSR count). The summed E-state index contributed by atoms with van der Waals surface area (Å²) in [5.74, 6) is -0.294. The molecule has 6 nitrogen and oxygen atoms in total. The van der Waals surface area contributed by atoms with Crippen molar-refractivity contribution in [1.29, 1.82) is 0 Å². The molecule has 1 aliphatic carbocycles. The van der Waals surface area contributed by atoms with Gasteiger partial charge in [0.25, 0.3) is 0 Å². The molecule has 1 heterocycles. The van der Waals surface area contributed by atoms with E-state index in [0.717, 1.165) is 0 Å². The van der Waals surface area contributed by atoms with Crippen molar-refractivity contribution in [2.24, 2.45) is 17.3 Å². The molecule has 1 aliphatic heterocycles. The highest BCUT2D eigenvalue weighted by atomic mass is 16.6. The maximum Gasteiger partial charge on any atom is 0.473 e. The number of aliphatic hydroxyl groups is 1. The molecular weight excluding hydrogens is 324 g/mol. The highest BCUT2D eigenvalue weighted by Crippen LogP contribution is 2.61. The van der Waals surface area contributed by atoms with Crippen LogP contribution in [0.4, 0.5) is 0 Å². The Kier molecular flexibility index (Phi) is 5.70. The van der Waals surface area contributed by atoms with Gasteiger partial charge in [-0.15, -0.1) is 6.58 Å². The molecule has 3 atom stereocenters. The molecule has 1 N–H and O–H groups in total. The molecule has 138 valence electrons. The average Bonchev–Trinajstić information content (AvgIpc) is 3.09. The number of aliphatic hydroxyl groups excluding tert-OH is 1. The molecule has 0 bridgehead atoms. The van der Waals surface area contributed by atoms with Crippen molar-refractivity contribution in [3.05, 3.63) is 24.2 Å². The second-order valence-electron chi connectivity index (χ2n) is 7.10. The molecule has 2 aliphatic rings. The number of hydrogen-bond donors (Lipinski definition) is 1. The second-order valence-corrected chi connectivity index (χ2v) is 7.10. The molecule has 0 aromatic carbocycles. The summed E-state index contributed by atoms with van der Waals surface area (Å²) < 4.78 is 16.0. The Morgan fingerprint density at radius 3 is 2.64 bits per heavy atom. The number of ketones is 1. The predicted octanol–water partition coefficient (Wildman–Crippen LogP) is 3.00. The van der Waals surface area contributed by atoms with E-state index in [1.54, 1.807) is 6.92 Å². The van der Waals surface area contributed by atoms with Gasteiger partial charge in [-0.3, -0.25) is 4.79 Å². The first-order valence-electron chi connectivity index (χ1n) is 8.63. The fourth-order valence-corrected chi connectivity index (χ4v) is 3.68. The Morgan fingerprint density at radius 1 is 1.44 bits per heavy atom. The Labute approximate surface area is 148 Å². The van der Waals surface area contributed by atoms with Crippen LogP contribution < -0.4 is 0 Å². The summed E-state index contributed by atoms with van der Waals surface area (Å²) in [6.07, 6.45) is 2.69. The molecule has 25 heavy (non-hydrogen) atoms. The van der Waals surface area contributed by atoms with Crippen LogP contribution in [0.2, 0.25) is 0 Å². The molecule has 0 saturated heterocycles. The van der Waals surface area contributed by atoms with Crippen molar-refractivity contribution in [3.63, 3.8) is 0 Å². The van der Waals surface area contributed by atoms with Crippen LogP contribution in [0, 0.1) is 17.3 Å². The molecule has 1 fully saturated rings. The summed E-state index contributed by atoms with van der Waals surface area (Å²) in [7, 11) is 0. The summed E-state index contributed by atoms with van der Waals surface area (Å²) >= 11 is 0. The van der Waals surface area contributed by atoms with E-state index in [0.29, 0.717) is 25.0 Å². The largest absolute Gasteiger partial charge is 0.504 e. The van der Waals surface area contributed by atoms with Gasteiger partial charge in [0.1, 0.15) is 6.10 Å². The number of rotatable bonds is 7. The topological polar surface area (TPSA) is 84.1 Å². The van der Waals surface area contributed by atoms with Crippen LogP contribution in [0.3, 0.4) is 0 Å². The van der Waals surface area contributed by atoms with Gasteiger partial charge in [0.05, 0.1) is 19.4 Å². The molecular formula is C19H27O6+. The molecule has 0 unspecified atom stereocenters. The number of hydrogen-bond acceptors (Lipinski definition) is 5. The van der Waals surface area contributed by atoms with E-state index in [2.05, 4.69) is 20.4 Å². The van der Waals surface area contributed by atoms with Gasteiger partial charge >= 0.3 is 23.5 Å². The SMILES string of the molecule is C=C[C@H]1[C@@H]([C@H](CC2=[O+]C(C(=O)OCC)=C(O)CC2)OC(C)=O)C1(C)C. The number of ether oxygens (including phenoxy) is 2. The minimum atomic E-state index is -0.683. The summed E-state index contributed by atoms with van der Waals surface area (Å²) in [5, 5.41) is 9.89. The molecule has 6 heteroatoms. The van der Waals surface area contributed by atoms with E-state index in [-0.39, 0.29) is 47.4 Å². The number of carbonyl (C=O) groups excluding carboxylic acids is 3. The van der Waals surface area contributed by atoms with Gasteiger partial charge in [-0.2, -0.15) is 0 Å². The van der Waals surface area contributed by atoms with Crippen LogP contribution in [-0.4, -0.2) is 35.5 Å². The first-order valence-corrected chi connectivity index (χ1v) is 8.63. The Bertz CT molecular complexity index is 628. The lowest BCUT2D eigenvalue weighted by molar-refractivity contribution is -0.404. The zero-order chi connectivity index (χ0) is 18.8. The Morgan fingerprint density at radius 2 is 2.12 bits per heavy atom. The Hall–Kier alpha value is -2.11. The van der Waals surface area contributed by atoms with Crippen molar-refractivity contribution < 1.29 is 28.6 Å². The minimum Gasteiger partial charge on any atom is -0.504 e. The Balaban J connectivity index is 2.19. The van der Waals surface area contributed by atoms with Gasteiger partial charge in [-0.05, 0) is 18.3 Å². The van der Waals surface area contributed by atoms with Crippen LogP contribution in [-0.2, 0) is 23.5 Å². The average molecular weight is 351 g/mol. The van der Waals surface area contributed by atoms with Gasteiger partial charge < -0.3 is 14.6 Å². The molecule has 0 radical (unpaired) electrons. The lowest BCUT2D eigenvalue weighted by Gasteiger charge is -2.17. The van der Waals surface area contributed by atoms with E-state index >= 15 is 0 Å². The predicted molar refractivity (Wildman–Crippen MR) is 91.7 cm³/mol. The van der Waals surface area contributed by atoms with E-state index < -0.39 is 5.97 Å². The number of allylic oxidation sites excluding steroid dienone is 2. The van der Waals surface area contributed by atoms with Gasteiger partial charge in [0.15, 0.2) is 0 Å². The maximum absolute atomic E-state index is 11.9. The van der Waals surface area contributed by atoms with Gasteiger partial charge in [-0.1, -0.05) is 19.9 Å². The van der Waals surface area contributed by atoms with Gasteiger partial charge in [0.2, 0.25) is 5.76 Å². The molecule has 0 amide bonds. The summed E-state index contributed by atoms with van der Waals surface area (Å²) in [6, 6.07) is 0. The van der Waals surface area contributed by atoms with Crippen LogP contribution >= 0.6 is 0 Å². The monoisotopic (exact) mass is 351 g/mol.